The monoisotopic (exact) mass is 304 g/mol. The summed E-state index contributed by atoms with van der Waals surface area (Å²) in [5, 5.41) is 10.5. The molecule has 1 heterocycles. The molecule has 1 fully saturated rings. The van der Waals surface area contributed by atoms with Crippen LogP contribution in [-0.4, -0.2) is 65.0 Å². The van der Waals surface area contributed by atoms with E-state index in [1.165, 1.54) is 11.8 Å². The van der Waals surface area contributed by atoms with E-state index in [4.69, 9.17) is 5.11 Å². The highest BCUT2D eigenvalue weighted by Gasteiger charge is 2.42. The highest BCUT2D eigenvalue weighted by atomic mass is 32.2. The summed E-state index contributed by atoms with van der Waals surface area (Å²) in [7, 11) is 0. The number of carboxylic acid groups (broad SMARTS) is 1. The summed E-state index contributed by atoms with van der Waals surface area (Å²) in [6, 6.07) is -2.22. The molecule has 110 valence electrons. The Morgan fingerprint density at radius 3 is 2.63 bits per heavy atom. The molecule has 0 aromatic heterocycles. The minimum atomic E-state index is -4.33. The standard InChI is InChI=1S/C9H12F4N2O3S/c10-7(11)9(12,13)4-14-8(18)15-1-2-19-3-5(15)6(16)17/h5,7H,1-4H2,(H,14,18)(H,16,17). The van der Waals surface area contributed by atoms with Gasteiger partial charge in [0.1, 0.15) is 6.04 Å². The third kappa shape index (κ3) is 4.15. The van der Waals surface area contributed by atoms with Crippen LogP contribution in [0.5, 0.6) is 0 Å². The van der Waals surface area contributed by atoms with Gasteiger partial charge in [-0.15, -0.1) is 0 Å². The van der Waals surface area contributed by atoms with Crippen molar-refractivity contribution in [2.75, 3.05) is 24.6 Å². The lowest BCUT2D eigenvalue weighted by molar-refractivity contribution is -0.141. The van der Waals surface area contributed by atoms with Gasteiger partial charge in [0.25, 0.3) is 0 Å². The first-order chi connectivity index (χ1) is 8.75. The van der Waals surface area contributed by atoms with Crippen LogP contribution < -0.4 is 5.32 Å². The molecule has 1 saturated heterocycles. The maximum absolute atomic E-state index is 12.6. The fourth-order valence-electron chi connectivity index (χ4n) is 1.42. The molecular formula is C9H12F4N2O3S. The molecule has 1 aliphatic rings. The molecule has 10 heteroatoms. The molecule has 1 atom stereocenters. The van der Waals surface area contributed by atoms with Gasteiger partial charge < -0.3 is 15.3 Å². The zero-order chi connectivity index (χ0) is 14.6. The highest BCUT2D eigenvalue weighted by molar-refractivity contribution is 7.99. The van der Waals surface area contributed by atoms with Crippen LogP contribution in [-0.2, 0) is 4.79 Å². The molecule has 2 amide bonds. The molecule has 1 aliphatic heterocycles. The number of carboxylic acids is 1. The van der Waals surface area contributed by atoms with E-state index in [0.29, 0.717) is 5.75 Å². The van der Waals surface area contributed by atoms with E-state index in [1.54, 1.807) is 5.32 Å². The lowest BCUT2D eigenvalue weighted by Crippen LogP contribution is -2.55. The first kappa shape index (κ1) is 15.9. The van der Waals surface area contributed by atoms with Crippen LogP contribution in [0, 0.1) is 0 Å². The smallest absolute Gasteiger partial charge is 0.327 e. The van der Waals surface area contributed by atoms with Gasteiger partial charge in [0.05, 0.1) is 6.54 Å². The van der Waals surface area contributed by atoms with E-state index in [9.17, 15) is 27.2 Å². The number of rotatable bonds is 4. The number of hydrogen-bond acceptors (Lipinski definition) is 3. The van der Waals surface area contributed by atoms with Gasteiger partial charge in [-0.3, -0.25) is 0 Å². The van der Waals surface area contributed by atoms with Gasteiger partial charge in [0, 0.05) is 18.1 Å². The van der Waals surface area contributed by atoms with Crippen LogP contribution in [0.1, 0.15) is 0 Å². The fourth-order valence-corrected chi connectivity index (χ4v) is 2.46. The van der Waals surface area contributed by atoms with Gasteiger partial charge in [-0.2, -0.15) is 20.5 Å². The summed E-state index contributed by atoms with van der Waals surface area (Å²) in [4.78, 5) is 23.3. The molecule has 0 aromatic rings. The third-order valence-corrected chi connectivity index (χ3v) is 3.49. The Hall–Kier alpha value is -1.19. The van der Waals surface area contributed by atoms with E-state index in [1.807, 2.05) is 0 Å². The van der Waals surface area contributed by atoms with Gasteiger partial charge in [-0.1, -0.05) is 0 Å². The Morgan fingerprint density at radius 2 is 2.11 bits per heavy atom. The molecule has 0 saturated carbocycles. The first-order valence-corrected chi connectivity index (χ1v) is 6.42. The molecule has 1 rings (SSSR count). The second-order valence-electron chi connectivity index (χ2n) is 3.84. The predicted octanol–water partition coefficient (Wildman–Crippen LogP) is 1.10. The number of carbonyl (C=O) groups excluding carboxylic acids is 1. The van der Waals surface area contributed by atoms with Crippen molar-refractivity contribution in [2.24, 2.45) is 0 Å². The molecule has 0 aromatic carbocycles. The molecule has 2 N–H and O–H groups in total. The highest BCUT2D eigenvalue weighted by Crippen LogP contribution is 2.22. The van der Waals surface area contributed by atoms with E-state index >= 15 is 0 Å². The van der Waals surface area contributed by atoms with Crippen molar-refractivity contribution in [2.45, 2.75) is 18.4 Å². The Balaban J connectivity index is 2.59. The Kier molecular flexibility index (Phi) is 5.27. The van der Waals surface area contributed by atoms with E-state index in [-0.39, 0.29) is 12.3 Å². The third-order valence-electron chi connectivity index (χ3n) is 2.47. The van der Waals surface area contributed by atoms with Crippen molar-refractivity contribution in [1.82, 2.24) is 10.2 Å². The van der Waals surface area contributed by atoms with Crippen molar-refractivity contribution >= 4 is 23.8 Å². The number of hydrogen-bond donors (Lipinski definition) is 2. The van der Waals surface area contributed by atoms with Crippen LogP contribution >= 0.6 is 11.8 Å². The summed E-state index contributed by atoms with van der Waals surface area (Å²) in [6.07, 6.45) is -3.89. The minimum absolute atomic E-state index is 0.0632. The van der Waals surface area contributed by atoms with Crippen LogP contribution in [0.25, 0.3) is 0 Å². The van der Waals surface area contributed by atoms with Crippen molar-refractivity contribution in [3.05, 3.63) is 0 Å². The van der Waals surface area contributed by atoms with Crippen LogP contribution in [0.15, 0.2) is 0 Å². The summed E-state index contributed by atoms with van der Waals surface area (Å²) in [6.45, 7) is -1.47. The topological polar surface area (TPSA) is 69.6 Å². The Morgan fingerprint density at radius 1 is 1.47 bits per heavy atom. The van der Waals surface area contributed by atoms with Crippen molar-refractivity contribution in [1.29, 1.82) is 0 Å². The molecule has 5 nitrogen and oxygen atoms in total. The Labute approximate surface area is 110 Å². The number of amides is 2. The van der Waals surface area contributed by atoms with E-state index in [0.717, 1.165) is 4.90 Å². The number of urea groups is 1. The lowest BCUT2D eigenvalue weighted by Gasteiger charge is -2.32. The zero-order valence-corrected chi connectivity index (χ0v) is 10.4. The molecule has 1 unspecified atom stereocenters. The molecule has 0 radical (unpaired) electrons. The molecule has 0 bridgehead atoms. The summed E-state index contributed by atoms with van der Waals surface area (Å²) < 4.78 is 49.0. The van der Waals surface area contributed by atoms with Gasteiger partial charge in [-0.25, -0.2) is 18.4 Å². The maximum atomic E-state index is 12.6. The number of nitrogens with one attached hydrogen (secondary N) is 1. The van der Waals surface area contributed by atoms with Gasteiger partial charge in [-0.05, 0) is 0 Å². The SMILES string of the molecule is O=C(O)C1CSCCN1C(=O)NCC(F)(F)C(F)F. The van der Waals surface area contributed by atoms with Crippen molar-refractivity contribution in [3.63, 3.8) is 0 Å². The largest absolute Gasteiger partial charge is 0.480 e. The van der Waals surface area contributed by atoms with Gasteiger partial charge in [0.15, 0.2) is 0 Å². The van der Waals surface area contributed by atoms with Crippen LogP contribution in [0.2, 0.25) is 0 Å². The average molecular weight is 304 g/mol. The second kappa shape index (κ2) is 6.31. The minimum Gasteiger partial charge on any atom is -0.480 e. The number of thioether (sulfide) groups is 1. The summed E-state index contributed by atoms with van der Waals surface area (Å²) >= 11 is 1.31. The molecular weight excluding hydrogens is 292 g/mol. The number of aliphatic carboxylic acids is 1. The maximum Gasteiger partial charge on any atom is 0.327 e. The predicted molar refractivity (Wildman–Crippen MR) is 59.8 cm³/mol. The zero-order valence-electron chi connectivity index (χ0n) is 9.61. The number of nitrogens with zero attached hydrogens (tertiary/aromatic N) is 1. The second-order valence-corrected chi connectivity index (χ2v) is 4.99. The van der Waals surface area contributed by atoms with Gasteiger partial charge in [0.2, 0.25) is 0 Å². The number of alkyl halides is 4. The fraction of sp³-hybridized carbons (Fsp3) is 0.778. The van der Waals surface area contributed by atoms with Crippen LogP contribution in [0.3, 0.4) is 0 Å². The summed E-state index contributed by atoms with van der Waals surface area (Å²) in [5.74, 6) is -5.00. The van der Waals surface area contributed by atoms with Crippen LogP contribution in [0.4, 0.5) is 22.4 Å². The number of carbonyl (C=O) groups is 2. The number of halogens is 4. The van der Waals surface area contributed by atoms with Crippen molar-refractivity contribution < 1.29 is 32.3 Å². The molecule has 0 spiro atoms. The van der Waals surface area contributed by atoms with Crippen molar-refractivity contribution in [3.8, 4) is 0 Å². The molecule has 0 aliphatic carbocycles. The normalized spacial score (nSPS) is 20.5. The molecule has 19 heavy (non-hydrogen) atoms. The van der Waals surface area contributed by atoms with E-state index < -0.39 is 36.9 Å². The first-order valence-electron chi connectivity index (χ1n) is 5.26. The van der Waals surface area contributed by atoms with Gasteiger partial charge >= 0.3 is 24.3 Å². The average Bonchev–Trinajstić information content (AvgIpc) is 2.35. The Bertz CT molecular complexity index is 356. The van der Waals surface area contributed by atoms with E-state index in [2.05, 4.69) is 0 Å². The summed E-state index contributed by atoms with van der Waals surface area (Å²) in [5.41, 5.74) is 0. The quantitative estimate of drug-likeness (QED) is 0.763. The lowest BCUT2D eigenvalue weighted by atomic mass is 10.3.